The molecule has 1 aromatic carbocycles. The Kier molecular flexibility index (Phi) is 4.95. The third kappa shape index (κ3) is 3.55. The van der Waals surface area contributed by atoms with Crippen molar-refractivity contribution in [3.8, 4) is 5.82 Å². The van der Waals surface area contributed by atoms with Crippen LogP contribution in [-0.2, 0) is 11.5 Å². The summed E-state index contributed by atoms with van der Waals surface area (Å²) in [5.74, 6) is 0.492. The fourth-order valence-electron chi connectivity index (χ4n) is 3.09. The minimum Gasteiger partial charge on any atom is -0.364 e. The van der Waals surface area contributed by atoms with E-state index in [2.05, 4.69) is 10.1 Å². The van der Waals surface area contributed by atoms with E-state index in [9.17, 15) is 14.9 Å². The number of benzene rings is 1. The molecule has 0 aliphatic rings. The quantitative estimate of drug-likeness (QED) is 0.356. The summed E-state index contributed by atoms with van der Waals surface area (Å²) in [5.41, 5.74) is 2.64. The van der Waals surface area contributed by atoms with E-state index in [1.165, 1.54) is 23.6 Å². The summed E-state index contributed by atoms with van der Waals surface area (Å²) in [4.78, 5) is 26.5. The maximum absolute atomic E-state index is 12.1. The van der Waals surface area contributed by atoms with Crippen LogP contribution in [0.4, 0.5) is 5.69 Å². The lowest BCUT2D eigenvalue weighted by molar-refractivity contribution is -0.385. The Hall–Kier alpha value is -3.37. The predicted molar refractivity (Wildman–Crippen MR) is 109 cm³/mol. The number of aromatic nitrogens is 4. The summed E-state index contributed by atoms with van der Waals surface area (Å²) >= 11 is 1.19. The molecule has 0 amide bonds. The van der Waals surface area contributed by atoms with Crippen molar-refractivity contribution in [2.24, 2.45) is 0 Å². The molecule has 4 aromatic rings. The van der Waals surface area contributed by atoms with Gasteiger partial charge in [-0.25, -0.2) is 9.67 Å². The summed E-state index contributed by atoms with van der Waals surface area (Å²) < 4.78 is 9.18. The summed E-state index contributed by atoms with van der Waals surface area (Å²) in [6.07, 6.45) is 2.98. The van der Waals surface area contributed by atoms with Crippen molar-refractivity contribution in [2.75, 3.05) is 7.11 Å². The second-order valence-electron chi connectivity index (χ2n) is 6.48. The zero-order valence-corrected chi connectivity index (χ0v) is 16.5. The Morgan fingerprint density at radius 3 is 2.79 bits per heavy atom. The van der Waals surface area contributed by atoms with Gasteiger partial charge in [-0.15, -0.1) is 0 Å². The Morgan fingerprint density at radius 1 is 1.28 bits per heavy atom. The molecule has 1 unspecified atom stereocenters. The van der Waals surface area contributed by atoms with E-state index in [4.69, 9.17) is 4.74 Å². The van der Waals surface area contributed by atoms with Gasteiger partial charge < -0.3 is 4.74 Å². The van der Waals surface area contributed by atoms with Gasteiger partial charge in [-0.2, -0.15) is 5.10 Å². The normalized spacial score (nSPS) is 12.3. The molecule has 0 aliphatic heterocycles. The van der Waals surface area contributed by atoms with Crippen LogP contribution in [0.25, 0.3) is 16.0 Å². The molecule has 9 nitrogen and oxygen atoms in total. The Labute approximate surface area is 169 Å². The number of hydrogen-bond acceptors (Lipinski definition) is 7. The molecule has 0 bridgehead atoms. The van der Waals surface area contributed by atoms with Crippen molar-refractivity contribution in [3.05, 3.63) is 79.8 Å². The van der Waals surface area contributed by atoms with Crippen LogP contribution in [0.5, 0.6) is 0 Å². The molecule has 29 heavy (non-hydrogen) atoms. The van der Waals surface area contributed by atoms with Gasteiger partial charge >= 0.3 is 4.87 Å². The van der Waals surface area contributed by atoms with Crippen molar-refractivity contribution < 1.29 is 9.66 Å². The Morgan fingerprint density at radius 2 is 2.10 bits per heavy atom. The van der Waals surface area contributed by atoms with Crippen LogP contribution in [0.3, 0.4) is 0 Å². The van der Waals surface area contributed by atoms with E-state index in [-0.39, 0.29) is 23.2 Å². The van der Waals surface area contributed by atoms with Gasteiger partial charge in [0.1, 0.15) is 12.9 Å². The molecule has 0 saturated heterocycles. The van der Waals surface area contributed by atoms with E-state index in [1.807, 2.05) is 31.2 Å². The smallest absolute Gasteiger partial charge is 0.310 e. The first-order valence-electron chi connectivity index (χ1n) is 8.76. The highest BCUT2D eigenvalue weighted by atomic mass is 32.1. The SMILES string of the molecule is COCn1c(=O)sc2cc(C(C)c3ccn(-c4ccc([N+](=O)[O-])cn4)n3)ccc21. The molecule has 0 radical (unpaired) electrons. The number of hydrogen-bond donors (Lipinski definition) is 0. The summed E-state index contributed by atoms with van der Waals surface area (Å²) in [7, 11) is 1.56. The van der Waals surface area contributed by atoms with Gasteiger partial charge in [-0.05, 0) is 29.8 Å². The molecule has 0 fully saturated rings. The fourth-order valence-corrected chi connectivity index (χ4v) is 4.02. The number of nitro groups is 1. The summed E-state index contributed by atoms with van der Waals surface area (Å²) in [5, 5.41) is 15.3. The highest BCUT2D eigenvalue weighted by Crippen LogP contribution is 2.28. The molecular formula is C19H17N5O4S. The first kappa shape index (κ1) is 19.0. The fraction of sp³-hybridized carbons (Fsp3) is 0.211. The van der Waals surface area contributed by atoms with Gasteiger partial charge in [0.15, 0.2) is 5.82 Å². The molecule has 1 atom stereocenters. The van der Waals surface area contributed by atoms with Crippen LogP contribution in [0.1, 0.15) is 24.1 Å². The van der Waals surface area contributed by atoms with E-state index in [1.54, 1.807) is 28.6 Å². The average Bonchev–Trinajstić information content (AvgIpc) is 3.32. The Balaban J connectivity index is 1.62. The van der Waals surface area contributed by atoms with E-state index in [0.717, 1.165) is 21.5 Å². The standard InChI is InChI=1S/C19H17N5O4S/c1-12(13-3-5-16-17(9-13)29-19(25)22(16)11-28-2)15-7-8-23(21-15)18-6-4-14(10-20-18)24(26)27/h3-10,12H,11H2,1-2H3. The maximum Gasteiger partial charge on any atom is 0.310 e. The molecular weight excluding hydrogens is 394 g/mol. The maximum atomic E-state index is 12.1. The minimum absolute atomic E-state index is 0.00762. The number of rotatable bonds is 6. The van der Waals surface area contributed by atoms with Crippen molar-refractivity contribution in [3.63, 3.8) is 0 Å². The molecule has 148 valence electrons. The van der Waals surface area contributed by atoms with E-state index in [0.29, 0.717) is 5.82 Å². The van der Waals surface area contributed by atoms with Crippen LogP contribution in [-0.4, -0.2) is 31.4 Å². The van der Waals surface area contributed by atoms with Crippen molar-refractivity contribution in [2.45, 2.75) is 19.6 Å². The molecule has 4 rings (SSSR count). The van der Waals surface area contributed by atoms with Gasteiger partial charge in [-0.3, -0.25) is 19.5 Å². The third-order valence-corrected chi connectivity index (χ3v) is 5.62. The lowest BCUT2D eigenvalue weighted by atomic mass is 9.98. The van der Waals surface area contributed by atoms with Crippen LogP contribution in [0.15, 0.2) is 53.6 Å². The van der Waals surface area contributed by atoms with Crippen LogP contribution in [0.2, 0.25) is 0 Å². The summed E-state index contributed by atoms with van der Waals surface area (Å²) in [6.45, 7) is 2.26. The molecule has 0 spiro atoms. The highest BCUT2D eigenvalue weighted by molar-refractivity contribution is 7.16. The second kappa shape index (κ2) is 7.57. The topological polar surface area (TPSA) is 105 Å². The Bertz CT molecular complexity index is 1240. The summed E-state index contributed by atoms with van der Waals surface area (Å²) in [6, 6.07) is 10.7. The second-order valence-corrected chi connectivity index (χ2v) is 7.47. The first-order chi connectivity index (χ1) is 14.0. The molecule has 10 heteroatoms. The number of fused-ring (bicyclic) bond motifs is 1. The van der Waals surface area contributed by atoms with Gasteiger partial charge in [0.2, 0.25) is 0 Å². The molecule has 0 aliphatic carbocycles. The molecule has 3 heterocycles. The third-order valence-electron chi connectivity index (χ3n) is 4.68. The van der Waals surface area contributed by atoms with Crippen molar-refractivity contribution in [1.82, 2.24) is 19.3 Å². The van der Waals surface area contributed by atoms with Crippen LogP contribution < -0.4 is 4.87 Å². The lowest BCUT2D eigenvalue weighted by Gasteiger charge is -2.10. The van der Waals surface area contributed by atoms with Gasteiger partial charge in [0.05, 0.1) is 20.8 Å². The lowest BCUT2D eigenvalue weighted by Crippen LogP contribution is -2.13. The zero-order chi connectivity index (χ0) is 20.5. The number of ether oxygens (including phenoxy) is 1. The van der Waals surface area contributed by atoms with Crippen molar-refractivity contribution in [1.29, 1.82) is 0 Å². The van der Waals surface area contributed by atoms with Crippen molar-refractivity contribution >= 4 is 27.2 Å². The predicted octanol–water partition coefficient (Wildman–Crippen LogP) is 3.31. The number of nitrogens with zero attached hydrogens (tertiary/aromatic N) is 5. The van der Waals surface area contributed by atoms with E-state index >= 15 is 0 Å². The number of pyridine rings is 1. The first-order valence-corrected chi connectivity index (χ1v) is 9.58. The molecule has 0 saturated carbocycles. The monoisotopic (exact) mass is 411 g/mol. The number of thiazole rings is 1. The largest absolute Gasteiger partial charge is 0.364 e. The van der Waals surface area contributed by atoms with Crippen LogP contribution in [0, 0.1) is 10.1 Å². The highest BCUT2D eigenvalue weighted by Gasteiger charge is 2.16. The average molecular weight is 411 g/mol. The van der Waals surface area contributed by atoms with Gasteiger partial charge in [-0.1, -0.05) is 24.3 Å². The van der Waals surface area contributed by atoms with Gasteiger partial charge in [0.25, 0.3) is 5.69 Å². The molecule has 3 aromatic heterocycles. The zero-order valence-electron chi connectivity index (χ0n) is 15.7. The van der Waals surface area contributed by atoms with E-state index < -0.39 is 4.92 Å². The minimum atomic E-state index is -0.488. The van der Waals surface area contributed by atoms with Gasteiger partial charge in [0, 0.05) is 25.3 Å². The number of methoxy groups -OCH3 is 1. The molecule has 0 N–H and O–H groups in total. The van der Waals surface area contributed by atoms with Crippen LogP contribution >= 0.6 is 11.3 Å².